The second-order valence-corrected chi connectivity index (χ2v) is 6.23. The third-order valence-electron chi connectivity index (χ3n) is 3.78. The van der Waals surface area contributed by atoms with E-state index in [1.165, 1.54) is 30.4 Å². The number of ketones is 4. The molecular formula is C19H11BrO4. The molecule has 0 bridgehead atoms. The molecule has 0 heterocycles. The zero-order valence-corrected chi connectivity index (χ0v) is 14.2. The Bertz CT molecular complexity index is 942. The van der Waals surface area contributed by atoms with Crippen LogP contribution in [0, 0.1) is 0 Å². The number of allylic oxidation sites excluding steroid dienone is 8. The average Bonchev–Trinajstić information content (AvgIpc) is 2.54. The van der Waals surface area contributed by atoms with Gasteiger partial charge < -0.3 is 0 Å². The van der Waals surface area contributed by atoms with Gasteiger partial charge >= 0.3 is 0 Å². The summed E-state index contributed by atoms with van der Waals surface area (Å²) < 4.78 is 0.495. The van der Waals surface area contributed by atoms with Crippen molar-refractivity contribution in [3.8, 4) is 0 Å². The van der Waals surface area contributed by atoms with Gasteiger partial charge in [0.25, 0.3) is 0 Å². The van der Waals surface area contributed by atoms with Crippen molar-refractivity contribution in [3.63, 3.8) is 0 Å². The molecule has 0 fully saturated rings. The Balaban J connectivity index is 2.14. The molecule has 2 aliphatic carbocycles. The standard InChI is InChI=1S/C19H11BrO4/c1-10-7-12(22)9-16(19(10)24)14-4-2-3-13(18(14)20)15-8-11(21)5-6-17(15)23/h2-9H,1H3. The maximum Gasteiger partial charge on any atom is 0.189 e. The van der Waals surface area contributed by atoms with Crippen LogP contribution in [0.3, 0.4) is 0 Å². The Labute approximate surface area is 146 Å². The topological polar surface area (TPSA) is 68.3 Å². The van der Waals surface area contributed by atoms with Crippen molar-refractivity contribution in [1.29, 1.82) is 0 Å². The van der Waals surface area contributed by atoms with Crippen LogP contribution in [0.2, 0.25) is 0 Å². The fraction of sp³-hybridized carbons (Fsp3) is 0.0526. The molecule has 1 aromatic carbocycles. The molecule has 0 aliphatic heterocycles. The smallest absolute Gasteiger partial charge is 0.189 e. The van der Waals surface area contributed by atoms with Gasteiger partial charge in [0.2, 0.25) is 0 Å². The molecule has 0 unspecified atom stereocenters. The molecule has 0 aromatic heterocycles. The largest absolute Gasteiger partial charge is 0.290 e. The highest BCUT2D eigenvalue weighted by atomic mass is 79.9. The van der Waals surface area contributed by atoms with E-state index in [0.29, 0.717) is 21.2 Å². The van der Waals surface area contributed by atoms with Crippen LogP contribution in [-0.2, 0) is 19.2 Å². The van der Waals surface area contributed by atoms with E-state index in [1.54, 1.807) is 25.1 Å². The minimum Gasteiger partial charge on any atom is -0.290 e. The van der Waals surface area contributed by atoms with Crippen LogP contribution >= 0.6 is 15.9 Å². The lowest BCUT2D eigenvalue weighted by molar-refractivity contribution is -0.113. The van der Waals surface area contributed by atoms with Gasteiger partial charge in [0.1, 0.15) is 0 Å². The highest BCUT2D eigenvalue weighted by molar-refractivity contribution is 9.10. The lowest BCUT2D eigenvalue weighted by Gasteiger charge is -2.16. The quantitative estimate of drug-likeness (QED) is 0.737. The molecule has 1 aromatic rings. The van der Waals surface area contributed by atoms with Gasteiger partial charge in [0.15, 0.2) is 23.1 Å². The van der Waals surface area contributed by atoms with Gasteiger partial charge in [0, 0.05) is 32.3 Å². The molecule has 5 heteroatoms. The van der Waals surface area contributed by atoms with E-state index in [4.69, 9.17) is 0 Å². The fourth-order valence-corrected chi connectivity index (χ4v) is 3.30. The first-order valence-electron chi connectivity index (χ1n) is 7.14. The summed E-state index contributed by atoms with van der Waals surface area (Å²) in [7, 11) is 0. The summed E-state index contributed by atoms with van der Waals surface area (Å²) in [6.07, 6.45) is 6.27. The van der Waals surface area contributed by atoms with Crippen molar-refractivity contribution in [1.82, 2.24) is 0 Å². The predicted octanol–water partition coefficient (Wildman–Crippen LogP) is 3.02. The van der Waals surface area contributed by atoms with E-state index in [0.717, 1.165) is 0 Å². The number of carbonyl (C=O) groups is 4. The normalized spacial score (nSPS) is 17.7. The summed E-state index contributed by atoms with van der Waals surface area (Å²) in [5.74, 6) is -1.06. The second kappa shape index (κ2) is 6.09. The summed E-state index contributed by atoms with van der Waals surface area (Å²) in [5.41, 5.74) is 1.89. The second-order valence-electron chi connectivity index (χ2n) is 5.44. The number of hydrogen-bond acceptors (Lipinski definition) is 4. The molecule has 0 atom stereocenters. The van der Waals surface area contributed by atoms with Crippen molar-refractivity contribution in [2.45, 2.75) is 6.92 Å². The van der Waals surface area contributed by atoms with Gasteiger partial charge in [-0.3, -0.25) is 19.2 Å². The zero-order valence-electron chi connectivity index (χ0n) is 12.6. The van der Waals surface area contributed by atoms with E-state index >= 15 is 0 Å². The highest BCUT2D eigenvalue weighted by Crippen LogP contribution is 2.35. The van der Waals surface area contributed by atoms with E-state index in [2.05, 4.69) is 15.9 Å². The van der Waals surface area contributed by atoms with Gasteiger partial charge in [-0.25, -0.2) is 0 Å². The van der Waals surface area contributed by atoms with Crippen LogP contribution < -0.4 is 0 Å². The van der Waals surface area contributed by atoms with Gasteiger partial charge in [-0.1, -0.05) is 18.2 Å². The van der Waals surface area contributed by atoms with Crippen LogP contribution in [0.5, 0.6) is 0 Å². The number of halogens is 1. The molecule has 0 saturated carbocycles. The van der Waals surface area contributed by atoms with E-state index in [9.17, 15) is 19.2 Å². The van der Waals surface area contributed by atoms with E-state index < -0.39 is 0 Å². The average molecular weight is 383 g/mol. The molecular weight excluding hydrogens is 372 g/mol. The van der Waals surface area contributed by atoms with E-state index in [-0.39, 0.29) is 34.3 Å². The Morgan fingerprint density at radius 2 is 1.42 bits per heavy atom. The van der Waals surface area contributed by atoms with Crippen molar-refractivity contribution in [2.24, 2.45) is 0 Å². The molecule has 2 aliphatic rings. The minimum absolute atomic E-state index is 0.243. The van der Waals surface area contributed by atoms with Crippen LogP contribution in [0.15, 0.2) is 58.6 Å². The highest BCUT2D eigenvalue weighted by Gasteiger charge is 2.24. The summed E-state index contributed by atoms with van der Waals surface area (Å²) in [5, 5.41) is 0. The van der Waals surface area contributed by atoms with Crippen LogP contribution in [0.25, 0.3) is 11.1 Å². The van der Waals surface area contributed by atoms with Crippen molar-refractivity contribution >= 4 is 50.2 Å². The van der Waals surface area contributed by atoms with E-state index in [1.807, 2.05) is 0 Å². The Morgan fingerprint density at radius 3 is 2.12 bits per heavy atom. The minimum atomic E-state index is -0.288. The first-order chi connectivity index (χ1) is 11.4. The molecule has 0 N–H and O–H groups in total. The molecule has 3 rings (SSSR count). The predicted molar refractivity (Wildman–Crippen MR) is 93.0 cm³/mol. The lowest BCUT2D eigenvalue weighted by Crippen LogP contribution is -2.13. The van der Waals surface area contributed by atoms with Crippen LogP contribution in [0.4, 0.5) is 0 Å². The Kier molecular flexibility index (Phi) is 4.11. The fourth-order valence-electron chi connectivity index (χ4n) is 2.61. The molecule has 4 nitrogen and oxygen atoms in total. The monoisotopic (exact) mass is 382 g/mol. The third kappa shape index (κ3) is 2.78. The molecule has 0 spiro atoms. The maximum absolute atomic E-state index is 12.4. The third-order valence-corrected chi connectivity index (χ3v) is 4.63. The van der Waals surface area contributed by atoms with Crippen molar-refractivity contribution < 1.29 is 19.2 Å². The number of Topliss-reactive ketones (excluding diaryl/α,β-unsaturated/α-hetero) is 1. The van der Waals surface area contributed by atoms with Gasteiger partial charge in [-0.2, -0.15) is 0 Å². The summed E-state index contributed by atoms with van der Waals surface area (Å²) in [4.78, 5) is 47.8. The Morgan fingerprint density at radius 1 is 0.792 bits per heavy atom. The molecule has 0 amide bonds. The molecule has 0 saturated heterocycles. The first-order valence-corrected chi connectivity index (χ1v) is 7.94. The molecule has 0 radical (unpaired) electrons. The molecule has 24 heavy (non-hydrogen) atoms. The van der Waals surface area contributed by atoms with Crippen LogP contribution in [-0.4, -0.2) is 23.1 Å². The summed E-state index contributed by atoms with van der Waals surface area (Å²) >= 11 is 3.41. The number of carbonyl (C=O) groups excluding carboxylic acids is 4. The summed E-state index contributed by atoms with van der Waals surface area (Å²) in [6, 6.07) is 5.05. The van der Waals surface area contributed by atoms with Crippen molar-refractivity contribution in [3.05, 3.63) is 69.8 Å². The molecule has 118 valence electrons. The number of benzene rings is 1. The van der Waals surface area contributed by atoms with Gasteiger partial charge in [-0.15, -0.1) is 0 Å². The van der Waals surface area contributed by atoms with Gasteiger partial charge in [-0.05, 0) is 53.2 Å². The van der Waals surface area contributed by atoms with Gasteiger partial charge in [0.05, 0.1) is 0 Å². The zero-order chi connectivity index (χ0) is 17.4. The van der Waals surface area contributed by atoms with Crippen LogP contribution in [0.1, 0.15) is 18.1 Å². The lowest BCUT2D eigenvalue weighted by atomic mass is 9.88. The first kappa shape index (κ1) is 16.2. The Hall–Kier alpha value is -2.66. The number of hydrogen-bond donors (Lipinski definition) is 0. The van der Waals surface area contributed by atoms with Crippen molar-refractivity contribution in [2.75, 3.05) is 0 Å². The SMILES string of the molecule is CC1=CC(=O)C=C(c2cccc(C3=CC(=O)C=CC3=O)c2Br)C1=O. The number of rotatable bonds is 2. The maximum atomic E-state index is 12.4. The summed E-state index contributed by atoms with van der Waals surface area (Å²) in [6.45, 7) is 1.58.